The first-order valence-electron chi connectivity index (χ1n) is 5.41. The van der Waals surface area contributed by atoms with E-state index in [4.69, 9.17) is 0 Å². The summed E-state index contributed by atoms with van der Waals surface area (Å²) in [5.74, 6) is 0. The molecule has 0 aliphatic heterocycles. The lowest BCUT2D eigenvalue weighted by Gasteiger charge is -2.18. The highest BCUT2D eigenvalue weighted by atomic mass is 32.1. The van der Waals surface area contributed by atoms with E-state index in [2.05, 4.69) is 47.8 Å². The molecule has 86 valence electrons. The van der Waals surface area contributed by atoms with E-state index >= 15 is 0 Å². The molecule has 0 radical (unpaired) electrons. The number of imidazole rings is 1. The van der Waals surface area contributed by atoms with Crippen LogP contribution in [-0.2, 0) is 5.41 Å². The largest absolute Gasteiger partial charge is 0.300 e. The van der Waals surface area contributed by atoms with E-state index in [1.807, 2.05) is 19.3 Å². The molecule has 0 spiro atoms. The minimum Gasteiger partial charge on any atom is -0.300 e. The van der Waals surface area contributed by atoms with Crippen LogP contribution in [0.25, 0.3) is 5.65 Å². The Morgan fingerprint density at radius 3 is 2.50 bits per heavy atom. The van der Waals surface area contributed by atoms with E-state index < -0.39 is 0 Å². The maximum atomic E-state index is 4.40. The molecule has 0 aliphatic rings. The predicted octanol–water partition coefficient (Wildman–Crippen LogP) is 3.02. The van der Waals surface area contributed by atoms with E-state index in [1.54, 1.807) is 6.20 Å². The molecule has 0 saturated heterocycles. The van der Waals surface area contributed by atoms with Gasteiger partial charge in [-0.2, -0.15) is 12.6 Å². The molecule has 1 atom stereocenters. The molecular formula is C12H17N3S. The minimum absolute atomic E-state index is 0.0812. The Morgan fingerprint density at radius 1 is 1.25 bits per heavy atom. The number of hydrogen-bond acceptors (Lipinski definition) is 3. The molecule has 0 fully saturated rings. The number of fused-ring (bicyclic) bond motifs is 1. The zero-order chi connectivity index (χ0) is 11.9. The smallest absolute Gasteiger partial charge is 0.155 e. The lowest BCUT2D eigenvalue weighted by molar-refractivity contribution is 0.562. The number of thiol groups is 1. The van der Waals surface area contributed by atoms with Gasteiger partial charge in [0.15, 0.2) is 5.65 Å². The molecule has 0 aliphatic carbocycles. The van der Waals surface area contributed by atoms with Crippen LogP contribution in [0, 0.1) is 0 Å². The fourth-order valence-corrected chi connectivity index (χ4v) is 1.81. The monoisotopic (exact) mass is 235 g/mol. The molecule has 3 nitrogen and oxygen atoms in total. The normalized spacial score (nSPS) is 14.3. The average molecular weight is 235 g/mol. The molecule has 16 heavy (non-hydrogen) atoms. The molecule has 0 N–H and O–H groups in total. The number of aromatic nitrogens is 3. The van der Waals surface area contributed by atoms with Crippen LogP contribution < -0.4 is 0 Å². The Hall–Kier alpha value is -1.03. The van der Waals surface area contributed by atoms with Crippen molar-refractivity contribution in [1.29, 1.82) is 0 Å². The highest BCUT2D eigenvalue weighted by Crippen LogP contribution is 2.24. The fraction of sp³-hybridized carbons (Fsp3) is 0.500. The van der Waals surface area contributed by atoms with Crippen molar-refractivity contribution in [2.75, 3.05) is 0 Å². The van der Waals surface area contributed by atoms with Crippen LogP contribution >= 0.6 is 12.6 Å². The first-order chi connectivity index (χ1) is 7.39. The van der Waals surface area contributed by atoms with Crippen molar-refractivity contribution in [2.45, 2.75) is 38.4 Å². The van der Waals surface area contributed by atoms with Crippen molar-refractivity contribution in [1.82, 2.24) is 14.4 Å². The van der Waals surface area contributed by atoms with Crippen LogP contribution in [0.15, 0.2) is 18.6 Å². The van der Waals surface area contributed by atoms with Crippen molar-refractivity contribution in [2.24, 2.45) is 0 Å². The summed E-state index contributed by atoms with van der Waals surface area (Å²) in [4.78, 5) is 8.70. The summed E-state index contributed by atoms with van der Waals surface area (Å²) < 4.78 is 2.11. The van der Waals surface area contributed by atoms with E-state index in [9.17, 15) is 0 Å². The van der Waals surface area contributed by atoms with Gasteiger partial charge in [0.05, 0.1) is 11.9 Å². The second-order valence-corrected chi connectivity index (χ2v) is 5.88. The zero-order valence-electron chi connectivity index (χ0n) is 10.1. The molecule has 0 saturated carbocycles. The van der Waals surface area contributed by atoms with Crippen LogP contribution in [0.3, 0.4) is 0 Å². The van der Waals surface area contributed by atoms with Gasteiger partial charge in [-0.1, -0.05) is 20.8 Å². The second kappa shape index (κ2) is 3.77. The summed E-state index contributed by atoms with van der Waals surface area (Å²) in [5, 5.41) is 0.139. The average Bonchev–Trinajstić information content (AvgIpc) is 2.58. The first-order valence-corrected chi connectivity index (χ1v) is 5.93. The summed E-state index contributed by atoms with van der Waals surface area (Å²) >= 11 is 4.40. The third kappa shape index (κ3) is 1.94. The summed E-state index contributed by atoms with van der Waals surface area (Å²) in [6, 6.07) is 0. The summed E-state index contributed by atoms with van der Waals surface area (Å²) in [5.41, 5.74) is 3.14. The van der Waals surface area contributed by atoms with E-state index in [0.29, 0.717) is 0 Å². The topological polar surface area (TPSA) is 30.2 Å². The van der Waals surface area contributed by atoms with Gasteiger partial charge in [-0.3, -0.25) is 4.98 Å². The molecule has 2 rings (SSSR count). The van der Waals surface area contributed by atoms with E-state index in [0.717, 1.165) is 11.3 Å². The lowest BCUT2D eigenvalue weighted by atomic mass is 9.93. The third-order valence-electron chi connectivity index (χ3n) is 2.61. The molecule has 2 aromatic heterocycles. The molecule has 4 heteroatoms. The minimum atomic E-state index is 0.0812. The quantitative estimate of drug-likeness (QED) is 0.770. The highest BCUT2D eigenvalue weighted by Gasteiger charge is 2.19. The Bertz CT molecular complexity index is 508. The Morgan fingerprint density at radius 2 is 1.94 bits per heavy atom. The molecular weight excluding hydrogens is 218 g/mol. The van der Waals surface area contributed by atoms with Crippen LogP contribution in [0.4, 0.5) is 0 Å². The maximum Gasteiger partial charge on any atom is 0.155 e. The lowest BCUT2D eigenvalue weighted by Crippen LogP contribution is -2.14. The summed E-state index contributed by atoms with van der Waals surface area (Å²) in [7, 11) is 0. The van der Waals surface area contributed by atoms with Crippen LogP contribution in [-0.4, -0.2) is 14.4 Å². The van der Waals surface area contributed by atoms with Crippen molar-refractivity contribution in [3.63, 3.8) is 0 Å². The molecule has 2 aromatic rings. The second-order valence-electron chi connectivity index (χ2n) is 5.11. The van der Waals surface area contributed by atoms with Gasteiger partial charge in [0.2, 0.25) is 0 Å². The number of nitrogens with zero attached hydrogens (tertiary/aromatic N) is 3. The molecule has 0 bridgehead atoms. The van der Waals surface area contributed by atoms with Crippen molar-refractivity contribution >= 4 is 18.3 Å². The predicted molar refractivity (Wildman–Crippen MR) is 69.1 cm³/mol. The zero-order valence-corrected chi connectivity index (χ0v) is 11.0. The Kier molecular flexibility index (Phi) is 2.70. The number of rotatable bonds is 1. The van der Waals surface area contributed by atoms with Gasteiger partial charge in [-0.05, 0) is 6.92 Å². The van der Waals surface area contributed by atoms with Gasteiger partial charge in [0.1, 0.15) is 0 Å². The van der Waals surface area contributed by atoms with Gasteiger partial charge in [-0.15, -0.1) is 0 Å². The molecule has 0 amide bonds. The highest BCUT2D eigenvalue weighted by molar-refractivity contribution is 7.80. The standard InChI is InChI=1S/C12H17N3S/c1-8(16)9-7-15-10(12(2,3)4)5-14-11(15)6-13-9/h5-8,16H,1-4H3. The maximum absolute atomic E-state index is 4.40. The van der Waals surface area contributed by atoms with Crippen molar-refractivity contribution in [3.05, 3.63) is 30.0 Å². The Labute approximate surface area is 101 Å². The molecule has 2 heterocycles. The summed E-state index contributed by atoms with van der Waals surface area (Å²) in [6.45, 7) is 8.56. The van der Waals surface area contributed by atoms with Gasteiger partial charge in [0.25, 0.3) is 0 Å². The summed E-state index contributed by atoms with van der Waals surface area (Å²) in [6.07, 6.45) is 5.75. The van der Waals surface area contributed by atoms with Crippen LogP contribution in [0.2, 0.25) is 0 Å². The van der Waals surface area contributed by atoms with Gasteiger partial charge < -0.3 is 4.40 Å². The molecule has 0 aromatic carbocycles. The van der Waals surface area contributed by atoms with E-state index in [1.165, 1.54) is 5.69 Å². The Balaban J connectivity index is 2.65. The van der Waals surface area contributed by atoms with Gasteiger partial charge in [-0.25, -0.2) is 4.98 Å². The third-order valence-corrected chi connectivity index (χ3v) is 2.88. The van der Waals surface area contributed by atoms with E-state index in [-0.39, 0.29) is 10.7 Å². The van der Waals surface area contributed by atoms with Gasteiger partial charge in [0, 0.05) is 28.8 Å². The SMILES string of the molecule is CC(S)c1cn2c(C(C)(C)C)cnc2cn1. The number of hydrogen-bond donors (Lipinski definition) is 1. The van der Waals surface area contributed by atoms with Crippen molar-refractivity contribution < 1.29 is 0 Å². The van der Waals surface area contributed by atoms with Gasteiger partial charge >= 0.3 is 0 Å². The molecule has 1 unspecified atom stereocenters. The fourth-order valence-electron chi connectivity index (χ4n) is 1.67. The van der Waals surface area contributed by atoms with Crippen LogP contribution in [0.5, 0.6) is 0 Å². The first kappa shape index (κ1) is 11.5. The van der Waals surface area contributed by atoms with Crippen LogP contribution in [0.1, 0.15) is 44.3 Å². The van der Waals surface area contributed by atoms with Crippen molar-refractivity contribution in [3.8, 4) is 0 Å².